The third kappa shape index (κ3) is 3.31. The Kier molecular flexibility index (Phi) is 5.02. The molecule has 7 heteroatoms. The molecule has 132 valence electrons. The van der Waals surface area contributed by atoms with E-state index in [0.29, 0.717) is 21.2 Å². The van der Waals surface area contributed by atoms with Gasteiger partial charge in [0.05, 0.1) is 7.11 Å². The lowest BCUT2D eigenvalue weighted by atomic mass is 10.0. The summed E-state index contributed by atoms with van der Waals surface area (Å²) in [5, 5.41) is 11.4. The zero-order valence-corrected chi connectivity index (χ0v) is 15.0. The average Bonchev–Trinajstić information content (AvgIpc) is 2.89. The van der Waals surface area contributed by atoms with E-state index in [-0.39, 0.29) is 16.9 Å². The van der Waals surface area contributed by atoms with E-state index in [1.807, 2.05) is 0 Å². The number of cyclic esters (lactones) is 1. The van der Waals surface area contributed by atoms with Gasteiger partial charge in [0.1, 0.15) is 11.1 Å². The van der Waals surface area contributed by atoms with Crippen molar-refractivity contribution in [1.29, 1.82) is 0 Å². The van der Waals surface area contributed by atoms with Gasteiger partial charge in [0.15, 0.2) is 11.5 Å². The lowest BCUT2D eigenvalue weighted by Gasteiger charge is -2.09. The van der Waals surface area contributed by atoms with Crippen LogP contribution in [0.1, 0.15) is 11.1 Å². The topological polar surface area (TPSA) is 72.8 Å². The Labute approximate surface area is 159 Å². The van der Waals surface area contributed by atoms with E-state index in [1.165, 1.54) is 19.2 Å². The number of aliphatic hydroxyl groups excluding tert-OH is 1. The van der Waals surface area contributed by atoms with Crippen LogP contribution in [0.4, 0.5) is 0 Å². The van der Waals surface area contributed by atoms with Crippen LogP contribution in [0.25, 0.3) is 11.1 Å². The molecule has 0 fully saturated rings. The number of methoxy groups -OCH3 is 1. The van der Waals surface area contributed by atoms with Crippen molar-refractivity contribution in [3.63, 3.8) is 0 Å². The van der Waals surface area contributed by atoms with E-state index in [4.69, 9.17) is 32.7 Å². The van der Waals surface area contributed by atoms with Crippen LogP contribution in [0.3, 0.4) is 0 Å². The maximum Gasteiger partial charge on any atom is 0.348 e. The number of aliphatic hydroxyl groups is 1. The number of carbonyl (C=O) groups excluding carboxylic acids is 2. The van der Waals surface area contributed by atoms with Crippen molar-refractivity contribution in [3.8, 4) is 0 Å². The quantitative estimate of drug-likeness (QED) is 0.620. The van der Waals surface area contributed by atoms with E-state index < -0.39 is 17.7 Å². The van der Waals surface area contributed by atoms with Crippen LogP contribution in [0, 0.1) is 0 Å². The van der Waals surface area contributed by atoms with Crippen LogP contribution >= 0.6 is 23.2 Å². The number of ether oxygens (including phenoxy) is 2. The molecule has 2 aromatic carbocycles. The Morgan fingerprint density at radius 2 is 1.73 bits per heavy atom. The van der Waals surface area contributed by atoms with Crippen molar-refractivity contribution in [2.75, 3.05) is 7.11 Å². The van der Waals surface area contributed by atoms with Gasteiger partial charge in [-0.15, -0.1) is 0 Å². The van der Waals surface area contributed by atoms with Gasteiger partial charge in [0.2, 0.25) is 0 Å². The first-order chi connectivity index (χ1) is 12.4. The van der Waals surface area contributed by atoms with Gasteiger partial charge in [-0.05, 0) is 35.4 Å². The zero-order chi connectivity index (χ0) is 18.8. The highest BCUT2D eigenvalue weighted by Gasteiger charge is 2.36. The van der Waals surface area contributed by atoms with Crippen LogP contribution in [0.15, 0.2) is 60.0 Å². The van der Waals surface area contributed by atoms with Crippen LogP contribution in [-0.4, -0.2) is 24.2 Å². The minimum atomic E-state index is -0.803. The van der Waals surface area contributed by atoms with Gasteiger partial charge in [-0.1, -0.05) is 47.5 Å². The first-order valence-electron chi connectivity index (χ1n) is 7.42. The molecule has 0 bridgehead atoms. The molecule has 26 heavy (non-hydrogen) atoms. The van der Waals surface area contributed by atoms with Crippen LogP contribution < -0.4 is 0 Å². The molecule has 0 spiro atoms. The molecule has 0 radical (unpaired) electrons. The summed E-state index contributed by atoms with van der Waals surface area (Å²) < 4.78 is 9.97. The Balaban J connectivity index is 2.24. The molecule has 1 aliphatic heterocycles. The summed E-state index contributed by atoms with van der Waals surface area (Å²) in [7, 11) is 1.18. The molecule has 1 aliphatic rings. The van der Waals surface area contributed by atoms with Crippen LogP contribution in [0.2, 0.25) is 10.0 Å². The largest absolute Gasteiger partial charge is 0.504 e. The van der Waals surface area contributed by atoms with Crippen molar-refractivity contribution >= 4 is 46.3 Å². The SMILES string of the molecule is COC(=O)C(=C1OC(=O)C(c2cccc(Cl)c2)=C1O)c1cccc(Cl)c1. The van der Waals surface area contributed by atoms with Gasteiger partial charge in [-0.3, -0.25) is 0 Å². The minimum Gasteiger partial charge on any atom is -0.504 e. The fourth-order valence-corrected chi connectivity index (χ4v) is 2.94. The van der Waals surface area contributed by atoms with Crippen molar-refractivity contribution in [2.24, 2.45) is 0 Å². The normalized spacial score (nSPS) is 15.7. The van der Waals surface area contributed by atoms with Gasteiger partial charge >= 0.3 is 11.9 Å². The van der Waals surface area contributed by atoms with Gasteiger partial charge in [-0.25, -0.2) is 9.59 Å². The van der Waals surface area contributed by atoms with Crippen LogP contribution in [0.5, 0.6) is 0 Å². The van der Waals surface area contributed by atoms with Crippen LogP contribution in [-0.2, 0) is 19.1 Å². The molecule has 0 saturated heterocycles. The summed E-state index contributed by atoms with van der Waals surface area (Å²) in [6.45, 7) is 0. The number of hydrogen-bond donors (Lipinski definition) is 1. The molecule has 0 aromatic heterocycles. The summed E-state index contributed by atoms with van der Waals surface area (Å²) in [6.07, 6.45) is 0. The van der Waals surface area contributed by atoms with Gasteiger partial charge < -0.3 is 14.6 Å². The van der Waals surface area contributed by atoms with E-state index in [2.05, 4.69) is 0 Å². The molecule has 0 aliphatic carbocycles. The van der Waals surface area contributed by atoms with Gasteiger partial charge in [0, 0.05) is 10.0 Å². The number of carbonyl (C=O) groups is 2. The lowest BCUT2D eigenvalue weighted by molar-refractivity contribution is -0.134. The summed E-state index contributed by atoms with van der Waals surface area (Å²) in [4.78, 5) is 24.6. The Morgan fingerprint density at radius 1 is 1.08 bits per heavy atom. The monoisotopic (exact) mass is 390 g/mol. The Hall–Kier alpha value is -2.76. The molecule has 0 amide bonds. The van der Waals surface area contributed by atoms with Gasteiger partial charge in [0.25, 0.3) is 0 Å². The fraction of sp³-hybridized carbons (Fsp3) is 0.0526. The first-order valence-corrected chi connectivity index (χ1v) is 8.18. The summed E-state index contributed by atoms with van der Waals surface area (Å²) in [5.74, 6) is -2.35. The molecule has 0 saturated carbocycles. The predicted molar refractivity (Wildman–Crippen MR) is 97.5 cm³/mol. The number of halogens is 2. The molecule has 2 aromatic rings. The number of hydrogen-bond acceptors (Lipinski definition) is 5. The van der Waals surface area contributed by atoms with E-state index in [0.717, 1.165) is 0 Å². The van der Waals surface area contributed by atoms with Crippen molar-refractivity contribution < 1.29 is 24.2 Å². The maximum atomic E-state index is 12.3. The third-order valence-electron chi connectivity index (χ3n) is 3.69. The smallest absolute Gasteiger partial charge is 0.348 e. The maximum absolute atomic E-state index is 12.3. The first kappa shape index (κ1) is 18.0. The zero-order valence-electron chi connectivity index (χ0n) is 13.5. The summed E-state index contributed by atoms with van der Waals surface area (Å²) in [6, 6.07) is 12.7. The second kappa shape index (κ2) is 7.23. The second-order valence-electron chi connectivity index (χ2n) is 5.33. The highest BCUT2D eigenvalue weighted by molar-refractivity contribution is 6.32. The summed E-state index contributed by atoms with van der Waals surface area (Å²) >= 11 is 11.9. The molecular formula is C19H12Cl2O5. The van der Waals surface area contributed by atoms with E-state index in [9.17, 15) is 14.7 Å². The fourth-order valence-electron chi connectivity index (χ4n) is 2.56. The Morgan fingerprint density at radius 3 is 2.35 bits per heavy atom. The van der Waals surface area contributed by atoms with Crippen molar-refractivity contribution in [2.45, 2.75) is 0 Å². The number of esters is 2. The van der Waals surface area contributed by atoms with E-state index >= 15 is 0 Å². The molecular weight excluding hydrogens is 379 g/mol. The Bertz CT molecular complexity index is 975. The molecule has 1 heterocycles. The predicted octanol–water partition coefficient (Wildman–Crippen LogP) is 4.40. The molecule has 5 nitrogen and oxygen atoms in total. The third-order valence-corrected chi connectivity index (χ3v) is 4.16. The molecule has 0 atom stereocenters. The molecule has 1 N–H and O–H groups in total. The number of rotatable bonds is 3. The second-order valence-corrected chi connectivity index (χ2v) is 6.20. The minimum absolute atomic E-state index is 0.0917. The van der Waals surface area contributed by atoms with E-state index in [1.54, 1.807) is 36.4 Å². The average molecular weight is 391 g/mol. The highest BCUT2D eigenvalue weighted by atomic mass is 35.5. The number of benzene rings is 2. The lowest BCUT2D eigenvalue weighted by Crippen LogP contribution is -2.09. The molecule has 0 unspecified atom stereocenters. The summed E-state index contributed by atoms with van der Waals surface area (Å²) in [5.41, 5.74) is 0.500. The van der Waals surface area contributed by atoms with Crippen molar-refractivity contribution in [1.82, 2.24) is 0 Å². The highest BCUT2D eigenvalue weighted by Crippen LogP contribution is 2.37. The van der Waals surface area contributed by atoms with Gasteiger partial charge in [-0.2, -0.15) is 0 Å². The van der Waals surface area contributed by atoms with Crippen molar-refractivity contribution in [3.05, 3.63) is 81.2 Å². The molecule has 3 rings (SSSR count). The standard InChI is InChI=1S/C19H12Cl2O5/c1-25-18(23)15(11-5-3-7-13(21)9-11)17-16(22)14(19(24)26-17)10-4-2-6-12(20)8-10/h2-9,22H,1H3.